The summed E-state index contributed by atoms with van der Waals surface area (Å²) < 4.78 is 6.79. The Hall–Kier alpha value is -6.65. The SMILES string of the molecule is C1=Cc2cc(-c3ccc(-c4ccc5c(c4)oc4c6ccccc6cc(-c6nc(-c7ccccc7)nc(-c7ccccc7)n6)c54)cc3)ccc2CC1. The van der Waals surface area contributed by atoms with Crippen molar-refractivity contribution >= 4 is 38.8 Å². The highest BCUT2D eigenvalue weighted by Crippen LogP contribution is 2.42. The lowest BCUT2D eigenvalue weighted by molar-refractivity contribution is 0.673. The molecule has 240 valence electrons. The van der Waals surface area contributed by atoms with Gasteiger partial charge < -0.3 is 4.42 Å². The van der Waals surface area contributed by atoms with Crippen LogP contribution in [-0.4, -0.2) is 15.0 Å². The van der Waals surface area contributed by atoms with E-state index in [1.165, 1.54) is 22.3 Å². The molecule has 0 amide bonds. The molecule has 1 aliphatic rings. The quantitative estimate of drug-likeness (QED) is 0.185. The van der Waals surface area contributed by atoms with Crippen LogP contribution in [0.4, 0.5) is 0 Å². The molecule has 0 radical (unpaired) electrons. The monoisotopic (exact) mass is 653 g/mol. The summed E-state index contributed by atoms with van der Waals surface area (Å²) in [6.07, 6.45) is 6.75. The Kier molecular flexibility index (Phi) is 6.91. The summed E-state index contributed by atoms with van der Waals surface area (Å²) in [6, 6.07) is 52.9. The Bertz CT molecular complexity index is 2720. The number of allylic oxidation sites excluding steroid dienone is 1. The molecule has 0 aliphatic heterocycles. The predicted octanol–water partition coefficient (Wildman–Crippen LogP) is 12.2. The minimum atomic E-state index is 0.610. The Morgan fingerprint density at radius 3 is 1.80 bits per heavy atom. The van der Waals surface area contributed by atoms with Gasteiger partial charge in [0, 0.05) is 32.8 Å². The number of benzene rings is 7. The highest BCUT2D eigenvalue weighted by molar-refractivity contribution is 6.21. The molecular formula is C47H31N3O. The summed E-state index contributed by atoms with van der Waals surface area (Å²) in [5.74, 6) is 1.87. The van der Waals surface area contributed by atoms with Gasteiger partial charge in [0.2, 0.25) is 0 Å². The number of fused-ring (bicyclic) bond motifs is 6. The van der Waals surface area contributed by atoms with E-state index in [9.17, 15) is 0 Å². The molecule has 0 spiro atoms. The first-order chi connectivity index (χ1) is 25.2. The minimum absolute atomic E-state index is 0.610. The predicted molar refractivity (Wildman–Crippen MR) is 209 cm³/mol. The van der Waals surface area contributed by atoms with E-state index in [0.29, 0.717) is 17.5 Å². The molecule has 4 heteroatoms. The van der Waals surface area contributed by atoms with Crippen LogP contribution in [0.1, 0.15) is 17.5 Å². The largest absolute Gasteiger partial charge is 0.455 e. The minimum Gasteiger partial charge on any atom is -0.455 e. The van der Waals surface area contributed by atoms with Crippen LogP contribution in [0.5, 0.6) is 0 Å². The second-order valence-corrected chi connectivity index (χ2v) is 13.1. The molecule has 0 saturated carbocycles. The molecule has 0 N–H and O–H groups in total. The van der Waals surface area contributed by atoms with E-state index in [-0.39, 0.29) is 0 Å². The van der Waals surface area contributed by atoms with Crippen molar-refractivity contribution in [1.29, 1.82) is 0 Å². The Balaban J connectivity index is 1.12. The second-order valence-electron chi connectivity index (χ2n) is 13.1. The summed E-state index contributed by atoms with van der Waals surface area (Å²) in [5, 5.41) is 4.14. The zero-order chi connectivity index (χ0) is 33.7. The summed E-state index contributed by atoms with van der Waals surface area (Å²) in [5.41, 5.74) is 11.9. The van der Waals surface area contributed by atoms with Crippen molar-refractivity contribution in [3.63, 3.8) is 0 Å². The van der Waals surface area contributed by atoms with Crippen molar-refractivity contribution in [2.45, 2.75) is 12.8 Å². The van der Waals surface area contributed by atoms with Crippen LogP contribution in [0.15, 0.2) is 162 Å². The van der Waals surface area contributed by atoms with Gasteiger partial charge in [-0.25, -0.2) is 15.0 Å². The average molecular weight is 654 g/mol. The van der Waals surface area contributed by atoms with E-state index in [0.717, 1.165) is 73.4 Å². The lowest BCUT2D eigenvalue weighted by Crippen LogP contribution is -2.00. The molecule has 51 heavy (non-hydrogen) atoms. The third kappa shape index (κ3) is 5.20. The first-order valence-corrected chi connectivity index (χ1v) is 17.4. The number of nitrogens with zero attached hydrogens (tertiary/aromatic N) is 3. The maximum Gasteiger partial charge on any atom is 0.164 e. The van der Waals surface area contributed by atoms with Gasteiger partial charge in [-0.15, -0.1) is 0 Å². The zero-order valence-electron chi connectivity index (χ0n) is 27.8. The number of aryl methyl sites for hydroxylation is 1. The summed E-state index contributed by atoms with van der Waals surface area (Å²) in [6.45, 7) is 0. The molecule has 9 aromatic rings. The number of hydrogen-bond acceptors (Lipinski definition) is 4. The van der Waals surface area contributed by atoms with Gasteiger partial charge in [-0.05, 0) is 75.9 Å². The van der Waals surface area contributed by atoms with E-state index in [1.807, 2.05) is 60.7 Å². The van der Waals surface area contributed by atoms with E-state index in [1.54, 1.807) is 0 Å². The normalized spacial score (nSPS) is 12.5. The molecule has 0 bridgehead atoms. The molecule has 0 atom stereocenters. The van der Waals surface area contributed by atoms with Gasteiger partial charge in [0.05, 0.1) is 0 Å². The fraction of sp³-hybridized carbons (Fsp3) is 0.0426. The number of rotatable bonds is 5. The molecule has 0 fully saturated rings. The molecule has 0 unspecified atom stereocenters. The summed E-state index contributed by atoms with van der Waals surface area (Å²) in [4.78, 5) is 15.1. The molecule has 2 heterocycles. The van der Waals surface area contributed by atoms with Crippen LogP contribution in [0.25, 0.3) is 95.2 Å². The van der Waals surface area contributed by atoms with Crippen LogP contribution in [-0.2, 0) is 6.42 Å². The van der Waals surface area contributed by atoms with Crippen molar-refractivity contribution in [3.8, 4) is 56.4 Å². The van der Waals surface area contributed by atoms with Gasteiger partial charge in [0.15, 0.2) is 17.5 Å². The average Bonchev–Trinajstić information content (AvgIpc) is 3.60. The molecule has 4 nitrogen and oxygen atoms in total. The van der Waals surface area contributed by atoms with Crippen LogP contribution in [0.3, 0.4) is 0 Å². The van der Waals surface area contributed by atoms with E-state index >= 15 is 0 Å². The smallest absolute Gasteiger partial charge is 0.164 e. The van der Waals surface area contributed by atoms with Crippen molar-refractivity contribution in [2.24, 2.45) is 0 Å². The molecule has 10 rings (SSSR count). The van der Waals surface area contributed by atoms with Crippen molar-refractivity contribution in [2.75, 3.05) is 0 Å². The van der Waals surface area contributed by atoms with Gasteiger partial charge in [0.25, 0.3) is 0 Å². The fourth-order valence-corrected chi connectivity index (χ4v) is 7.36. The first-order valence-electron chi connectivity index (χ1n) is 17.4. The van der Waals surface area contributed by atoms with Crippen LogP contribution in [0, 0.1) is 0 Å². The number of furan rings is 1. The highest BCUT2D eigenvalue weighted by atomic mass is 16.3. The molecule has 1 aliphatic carbocycles. The lowest BCUT2D eigenvalue weighted by atomic mass is 9.92. The van der Waals surface area contributed by atoms with Gasteiger partial charge in [-0.3, -0.25) is 0 Å². The van der Waals surface area contributed by atoms with Gasteiger partial charge in [0.1, 0.15) is 11.2 Å². The van der Waals surface area contributed by atoms with Crippen molar-refractivity contribution in [1.82, 2.24) is 15.0 Å². The summed E-state index contributed by atoms with van der Waals surface area (Å²) >= 11 is 0. The van der Waals surface area contributed by atoms with Gasteiger partial charge >= 0.3 is 0 Å². The molecule has 0 saturated heterocycles. The third-order valence-electron chi connectivity index (χ3n) is 9.98. The fourth-order valence-electron chi connectivity index (χ4n) is 7.36. The first kappa shape index (κ1) is 29.3. The molecule has 7 aromatic carbocycles. The van der Waals surface area contributed by atoms with E-state index in [2.05, 4.69) is 103 Å². The standard InChI is InChI=1S/C47H31N3O/c1-3-12-33(13-4-1)45-48-46(34-14-5-2-6-15-34)50-47(49-45)41-28-38-17-9-10-18-39(38)44-43(41)40-26-25-37(29-42(40)51-44)32-21-19-31(20-22-32)36-24-23-30-11-7-8-16-35(30)27-36/h1-6,8-10,12-29H,7,11H2. The number of aromatic nitrogens is 3. The number of hydrogen-bond donors (Lipinski definition) is 0. The maximum atomic E-state index is 6.79. The molecular weight excluding hydrogens is 623 g/mol. The Morgan fingerprint density at radius 2 is 1.08 bits per heavy atom. The van der Waals surface area contributed by atoms with Crippen molar-refractivity contribution < 1.29 is 4.42 Å². The van der Waals surface area contributed by atoms with Crippen LogP contribution in [0.2, 0.25) is 0 Å². The topological polar surface area (TPSA) is 51.8 Å². The Morgan fingerprint density at radius 1 is 0.471 bits per heavy atom. The van der Waals surface area contributed by atoms with E-state index in [4.69, 9.17) is 19.4 Å². The summed E-state index contributed by atoms with van der Waals surface area (Å²) in [7, 11) is 0. The highest BCUT2D eigenvalue weighted by Gasteiger charge is 2.21. The van der Waals surface area contributed by atoms with Gasteiger partial charge in [-0.1, -0.05) is 140 Å². The van der Waals surface area contributed by atoms with E-state index < -0.39 is 0 Å². The molecule has 2 aromatic heterocycles. The third-order valence-corrected chi connectivity index (χ3v) is 9.98. The van der Waals surface area contributed by atoms with Gasteiger partial charge in [-0.2, -0.15) is 0 Å². The maximum absolute atomic E-state index is 6.79. The second kappa shape index (κ2) is 12.0. The van der Waals surface area contributed by atoms with Crippen molar-refractivity contribution in [3.05, 3.63) is 169 Å². The van der Waals surface area contributed by atoms with Crippen LogP contribution < -0.4 is 0 Å². The Labute approximate surface area is 295 Å². The van der Waals surface area contributed by atoms with Crippen LogP contribution >= 0.6 is 0 Å². The lowest BCUT2D eigenvalue weighted by Gasteiger charge is -2.12. The zero-order valence-corrected chi connectivity index (χ0v) is 27.8.